The molecule has 5 heteroatoms. The van der Waals surface area contributed by atoms with E-state index in [0.29, 0.717) is 32.8 Å². The quantitative estimate of drug-likeness (QED) is 0.787. The van der Waals surface area contributed by atoms with E-state index in [-0.39, 0.29) is 6.03 Å². The van der Waals surface area contributed by atoms with Crippen LogP contribution in [-0.4, -0.2) is 49.2 Å². The van der Waals surface area contributed by atoms with Crippen molar-refractivity contribution < 1.29 is 9.53 Å². The van der Waals surface area contributed by atoms with Gasteiger partial charge >= 0.3 is 6.03 Å². The highest BCUT2D eigenvalue weighted by molar-refractivity contribution is 7.07. The molecular weight excluding hydrogens is 224 g/mol. The van der Waals surface area contributed by atoms with Crippen LogP contribution in [0, 0.1) is 0 Å². The van der Waals surface area contributed by atoms with Crippen LogP contribution in [0.2, 0.25) is 0 Å². The van der Waals surface area contributed by atoms with Crippen LogP contribution in [0.5, 0.6) is 0 Å². The molecule has 2 heterocycles. The van der Waals surface area contributed by atoms with Gasteiger partial charge in [0.25, 0.3) is 0 Å². The van der Waals surface area contributed by atoms with E-state index in [4.69, 9.17) is 4.74 Å². The number of carbonyl (C=O) groups is 1. The Kier molecular flexibility index (Phi) is 3.79. The lowest BCUT2D eigenvalue weighted by atomic mass is 10.3. The minimum Gasteiger partial charge on any atom is -0.378 e. The van der Waals surface area contributed by atoms with Crippen LogP contribution < -0.4 is 0 Å². The number of urea groups is 1. The van der Waals surface area contributed by atoms with E-state index in [2.05, 4.69) is 5.38 Å². The lowest BCUT2D eigenvalue weighted by molar-refractivity contribution is 0.0448. The molecule has 0 aliphatic carbocycles. The standard InChI is InChI=1S/C11H16N2O2S/c1-12(8-10-2-7-16-9-10)11(14)13-3-5-15-6-4-13/h2,7,9H,3-6,8H2,1H3. The number of hydrogen-bond acceptors (Lipinski definition) is 3. The molecule has 0 unspecified atom stereocenters. The summed E-state index contributed by atoms with van der Waals surface area (Å²) in [6, 6.07) is 2.14. The second-order valence-corrected chi connectivity index (χ2v) is 4.65. The van der Waals surface area contributed by atoms with Gasteiger partial charge in [0.2, 0.25) is 0 Å². The van der Waals surface area contributed by atoms with Gasteiger partial charge in [-0.3, -0.25) is 0 Å². The van der Waals surface area contributed by atoms with Gasteiger partial charge in [-0.25, -0.2) is 4.79 Å². The minimum absolute atomic E-state index is 0.0921. The number of rotatable bonds is 2. The van der Waals surface area contributed by atoms with Crippen molar-refractivity contribution in [1.29, 1.82) is 0 Å². The van der Waals surface area contributed by atoms with Gasteiger partial charge in [-0.1, -0.05) is 0 Å². The lowest BCUT2D eigenvalue weighted by Gasteiger charge is -2.30. The molecule has 1 aliphatic rings. The fraction of sp³-hybridized carbons (Fsp3) is 0.545. The first-order chi connectivity index (χ1) is 7.77. The van der Waals surface area contributed by atoms with Crippen molar-refractivity contribution in [2.45, 2.75) is 6.54 Å². The predicted octanol–water partition coefficient (Wildman–Crippen LogP) is 1.63. The molecule has 0 bridgehead atoms. The maximum atomic E-state index is 12.0. The Labute approximate surface area is 99.4 Å². The normalized spacial score (nSPS) is 16.2. The van der Waals surface area contributed by atoms with Crippen molar-refractivity contribution in [3.63, 3.8) is 0 Å². The second kappa shape index (κ2) is 5.32. The van der Waals surface area contributed by atoms with Gasteiger partial charge in [-0.15, -0.1) is 0 Å². The van der Waals surface area contributed by atoms with Crippen molar-refractivity contribution in [1.82, 2.24) is 9.80 Å². The molecule has 0 radical (unpaired) electrons. The first kappa shape index (κ1) is 11.4. The maximum absolute atomic E-state index is 12.0. The SMILES string of the molecule is CN(Cc1ccsc1)C(=O)N1CCOCC1. The summed E-state index contributed by atoms with van der Waals surface area (Å²) in [4.78, 5) is 15.6. The van der Waals surface area contributed by atoms with Crippen LogP contribution in [0.3, 0.4) is 0 Å². The maximum Gasteiger partial charge on any atom is 0.320 e. The van der Waals surface area contributed by atoms with Gasteiger partial charge in [0, 0.05) is 26.7 Å². The summed E-state index contributed by atoms with van der Waals surface area (Å²) in [6.45, 7) is 3.38. The Morgan fingerprint density at radius 2 is 2.31 bits per heavy atom. The highest BCUT2D eigenvalue weighted by atomic mass is 32.1. The number of morpholine rings is 1. The number of ether oxygens (including phenoxy) is 1. The molecule has 2 rings (SSSR count). The lowest BCUT2D eigenvalue weighted by Crippen LogP contribution is -2.46. The summed E-state index contributed by atoms with van der Waals surface area (Å²) >= 11 is 1.66. The minimum atomic E-state index is 0.0921. The van der Waals surface area contributed by atoms with E-state index in [1.807, 2.05) is 23.4 Å². The fourth-order valence-corrected chi connectivity index (χ4v) is 2.38. The summed E-state index contributed by atoms with van der Waals surface area (Å²) in [7, 11) is 1.84. The smallest absolute Gasteiger partial charge is 0.320 e. The molecule has 0 atom stereocenters. The summed E-state index contributed by atoms with van der Waals surface area (Å²) in [5, 5.41) is 4.10. The third-order valence-corrected chi connectivity index (χ3v) is 3.34. The monoisotopic (exact) mass is 240 g/mol. The number of nitrogens with zero attached hydrogens (tertiary/aromatic N) is 2. The predicted molar refractivity (Wildman–Crippen MR) is 63.6 cm³/mol. The molecule has 1 aromatic heterocycles. The third-order valence-electron chi connectivity index (χ3n) is 2.61. The Morgan fingerprint density at radius 1 is 1.56 bits per heavy atom. The van der Waals surface area contributed by atoms with Crippen LogP contribution >= 0.6 is 11.3 Å². The van der Waals surface area contributed by atoms with Crippen molar-refractivity contribution in [2.75, 3.05) is 33.4 Å². The summed E-state index contributed by atoms with van der Waals surface area (Å²) in [6.07, 6.45) is 0. The van der Waals surface area contributed by atoms with Crippen LogP contribution in [-0.2, 0) is 11.3 Å². The molecule has 88 valence electrons. The molecule has 0 saturated carbocycles. The van der Waals surface area contributed by atoms with E-state index >= 15 is 0 Å². The molecule has 1 saturated heterocycles. The zero-order valence-corrected chi connectivity index (χ0v) is 10.2. The van der Waals surface area contributed by atoms with E-state index in [9.17, 15) is 4.79 Å². The Bertz CT molecular complexity index is 334. The molecule has 2 amide bonds. The van der Waals surface area contributed by atoms with E-state index in [1.54, 1.807) is 16.2 Å². The molecule has 1 fully saturated rings. The summed E-state index contributed by atoms with van der Waals surface area (Å²) in [5.74, 6) is 0. The van der Waals surface area contributed by atoms with E-state index in [0.717, 1.165) is 0 Å². The molecule has 0 N–H and O–H groups in total. The number of hydrogen-bond donors (Lipinski definition) is 0. The Balaban J connectivity index is 1.88. The number of carbonyl (C=O) groups excluding carboxylic acids is 1. The Morgan fingerprint density at radius 3 is 2.94 bits per heavy atom. The van der Waals surface area contributed by atoms with Crippen molar-refractivity contribution in [3.8, 4) is 0 Å². The summed E-state index contributed by atoms with van der Waals surface area (Å²) in [5.41, 5.74) is 1.19. The van der Waals surface area contributed by atoms with E-state index < -0.39 is 0 Å². The Hall–Kier alpha value is -1.07. The van der Waals surface area contributed by atoms with Crippen molar-refractivity contribution in [3.05, 3.63) is 22.4 Å². The molecule has 4 nitrogen and oxygen atoms in total. The van der Waals surface area contributed by atoms with Gasteiger partial charge < -0.3 is 14.5 Å². The average Bonchev–Trinajstić information content (AvgIpc) is 2.82. The van der Waals surface area contributed by atoms with Gasteiger partial charge in [0.05, 0.1) is 13.2 Å². The zero-order valence-electron chi connectivity index (χ0n) is 9.39. The van der Waals surface area contributed by atoms with E-state index in [1.165, 1.54) is 5.56 Å². The first-order valence-electron chi connectivity index (χ1n) is 5.36. The summed E-state index contributed by atoms with van der Waals surface area (Å²) < 4.78 is 5.22. The van der Waals surface area contributed by atoms with Crippen LogP contribution in [0.25, 0.3) is 0 Å². The zero-order chi connectivity index (χ0) is 11.4. The van der Waals surface area contributed by atoms with Crippen LogP contribution in [0.4, 0.5) is 4.79 Å². The fourth-order valence-electron chi connectivity index (χ4n) is 1.72. The molecule has 1 aromatic rings. The van der Waals surface area contributed by atoms with Crippen LogP contribution in [0.1, 0.15) is 5.56 Å². The van der Waals surface area contributed by atoms with Gasteiger partial charge in [-0.05, 0) is 22.4 Å². The number of amides is 2. The highest BCUT2D eigenvalue weighted by Crippen LogP contribution is 2.10. The third kappa shape index (κ3) is 2.74. The molecule has 1 aliphatic heterocycles. The van der Waals surface area contributed by atoms with Gasteiger partial charge in [0.1, 0.15) is 0 Å². The number of thiophene rings is 1. The van der Waals surface area contributed by atoms with Crippen molar-refractivity contribution >= 4 is 17.4 Å². The topological polar surface area (TPSA) is 32.8 Å². The van der Waals surface area contributed by atoms with Crippen LogP contribution in [0.15, 0.2) is 16.8 Å². The van der Waals surface area contributed by atoms with Crippen molar-refractivity contribution in [2.24, 2.45) is 0 Å². The van der Waals surface area contributed by atoms with Gasteiger partial charge in [-0.2, -0.15) is 11.3 Å². The molecule has 0 spiro atoms. The highest BCUT2D eigenvalue weighted by Gasteiger charge is 2.20. The first-order valence-corrected chi connectivity index (χ1v) is 6.30. The average molecular weight is 240 g/mol. The molecular formula is C11H16N2O2S. The molecule has 0 aromatic carbocycles. The molecule has 16 heavy (non-hydrogen) atoms. The second-order valence-electron chi connectivity index (χ2n) is 3.87. The van der Waals surface area contributed by atoms with Gasteiger partial charge in [0.15, 0.2) is 0 Å². The largest absolute Gasteiger partial charge is 0.378 e.